The summed E-state index contributed by atoms with van der Waals surface area (Å²) >= 11 is 0. The summed E-state index contributed by atoms with van der Waals surface area (Å²) in [7, 11) is -2.29. The molecule has 1 aliphatic carbocycles. The van der Waals surface area contributed by atoms with Crippen LogP contribution >= 0.6 is 0 Å². The fourth-order valence-electron chi connectivity index (χ4n) is 3.05. The number of rotatable bonds is 6. The average Bonchev–Trinajstić information content (AvgIpc) is 3.14. The van der Waals surface area contributed by atoms with E-state index in [0.717, 1.165) is 43.9 Å². The predicted molar refractivity (Wildman–Crippen MR) is 99.9 cm³/mol. The molecule has 2 N–H and O–H groups in total. The van der Waals surface area contributed by atoms with Crippen molar-refractivity contribution >= 4 is 21.6 Å². The van der Waals surface area contributed by atoms with Gasteiger partial charge in [0, 0.05) is 11.7 Å². The van der Waals surface area contributed by atoms with E-state index in [9.17, 15) is 17.6 Å². The van der Waals surface area contributed by atoms with Gasteiger partial charge in [-0.2, -0.15) is 0 Å². The number of carbonyl (C=O) groups excluding carboxylic acids is 1. The molecule has 0 radical (unpaired) electrons. The maximum Gasteiger partial charge on any atom is 0.258 e. The molecule has 1 fully saturated rings. The van der Waals surface area contributed by atoms with Crippen molar-refractivity contribution in [3.63, 3.8) is 0 Å². The summed E-state index contributed by atoms with van der Waals surface area (Å²) < 4.78 is 46.8. The largest absolute Gasteiger partial charge is 0.497 e. The van der Waals surface area contributed by atoms with E-state index in [0.29, 0.717) is 11.4 Å². The van der Waals surface area contributed by atoms with Crippen LogP contribution in [0.5, 0.6) is 5.75 Å². The van der Waals surface area contributed by atoms with E-state index in [1.165, 1.54) is 7.11 Å². The Hall–Kier alpha value is -2.45. The molecule has 0 spiro atoms. The Balaban J connectivity index is 1.80. The van der Waals surface area contributed by atoms with Crippen molar-refractivity contribution in [3.05, 3.63) is 53.8 Å². The van der Waals surface area contributed by atoms with Gasteiger partial charge in [0.15, 0.2) is 0 Å². The summed E-state index contributed by atoms with van der Waals surface area (Å²) in [6.07, 6.45) is 3.52. The van der Waals surface area contributed by atoms with Crippen LogP contribution in [0, 0.1) is 5.82 Å². The van der Waals surface area contributed by atoms with Crippen molar-refractivity contribution in [2.75, 3.05) is 12.4 Å². The number of nitrogens with one attached hydrogen (secondary N) is 2. The second kappa shape index (κ2) is 8.06. The SMILES string of the molecule is COc1ccc(NC(=O)c2cc(S(=O)(=O)NC3CCCC3)ccc2F)cc1. The lowest BCUT2D eigenvalue weighted by Gasteiger charge is -2.13. The van der Waals surface area contributed by atoms with Crippen LogP contribution in [0.3, 0.4) is 0 Å². The highest BCUT2D eigenvalue weighted by Gasteiger charge is 2.24. The maximum absolute atomic E-state index is 14.1. The van der Waals surface area contributed by atoms with Crippen LogP contribution in [-0.4, -0.2) is 27.5 Å². The third-order valence-corrected chi connectivity index (χ3v) is 6.04. The van der Waals surface area contributed by atoms with Crippen molar-refractivity contribution in [3.8, 4) is 5.75 Å². The summed E-state index contributed by atoms with van der Waals surface area (Å²) in [6, 6.07) is 9.62. The molecule has 0 atom stereocenters. The molecule has 0 saturated heterocycles. The van der Waals surface area contributed by atoms with Crippen molar-refractivity contribution in [1.82, 2.24) is 4.72 Å². The minimum absolute atomic E-state index is 0.114. The van der Waals surface area contributed by atoms with Crippen LogP contribution in [0.15, 0.2) is 47.4 Å². The molecule has 0 aliphatic heterocycles. The highest BCUT2D eigenvalue weighted by molar-refractivity contribution is 7.89. The van der Waals surface area contributed by atoms with Gasteiger partial charge in [0.25, 0.3) is 5.91 Å². The number of hydrogen-bond donors (Lipinski definition) is 2. The molecule has 0 unspecified atom stereocenters. The van der Waals surface area contributed by atoms with E-state index < -0.39 is 21.7 Å². The number of hydrogen-bond acceptors (Lipinski definition) is 4. The Morgan fingerprint density at radius 2 is 1.78 bits per heavy atom. The third kappa shape index (κ3) is 4.64. The van der Waals surface area contributed by atoms with Gasteiger partial charge in [-0.05, 0) is 55.3 Å². The Kier molecular flexibility index (Phi) is 5.76. The molecule has 2 aromatic carbocycles. The monoisotopic (exact) mass is 392 g/mol. The van der Waals surface area contributed by atoms with E-state index in [1.54, 1.807) is 24.3 Å². The second-order valence-electron chi connectivity index (χ2n) is 6.43. The van der Waals surface area contributed by atoms with Crippen LogP contribution in [0.2, 0.25) is 0 Å². The topological polar surface area (TPSA) is 84.5 Å². The van der Waals surface area contributed by atoms with Gasteiger partial charge in [-0.1, -0.05) is 12.8 Å². The number of amides is 1. The fraction of sp³-hybridized carbons (Fsp3) is 0.316. The molecule has 0 aromatic heterocycles. The number of carbonyl (C=O) groups is 1. The highest BCUT2D eigenvalue weighted by Crippen LogP contribution is 2.22. The number of ether oxygens (including phenoxy) is 1. The zero-order chi connectivity index (χ0) is 19.4. The van der Waals surface area contributed by atoms with Gasteiger partial charge in [0.2, 0.25) is 10.0 Å². The average molecular weight is 392 g/mol. The molecule has 27 heavy (non-hydrogen) atoms. The van der Waals surface area contributed by atoms with Gasteiger partial charge >= 0.3 is 0 Å². The molecule has 144 valence electrons. The Bertz CT molecular complexity index is 923. The first kappa shape index (κ1) is 19.3. The molecule has 1 aliphatic rings. The number of benzene rings is 2. The lowest BCUT2D eigenvalue weighted by Crippen LogP contribution is -2.32. The lowest BCUT2D eigenvalue weighted by atomic mass is 10.2. The Labute approximate surface area is 157 Å². The van der Waals surface area contributed by atoms with Crippen molar-refractivity contribution in [1.29, 1.82) is 0 Å². The highest BCUT2D eigenvalue weighted by atomic mass is 32.2. The summed E-state index contributed by atoms with van der Waals surface area (Å²) in [5, 5.41) is 2.55. The number of methoxy groups -OCH3 is 1. The molecular weight excluding hydrogens is 371 g/mol. The fourth-order valence-corrected chi connectivity index (χ4v) is 4.38. The lowest BCUT2D eigenvalue weighted by molar-refractivity contribution is 0.102. The third-order valence-electron chi connectivity index (χ3n) is 4.52. The smallest absolute Gasteiger partial charge is 0.258 e. The van der Waals surface area contributed by atoms with Gasteiger partial charge < -0.3 is 10.1 Å². The molecule has 1 amide bonds. The van der Waals surface area contributed by atoms with Gasteiger partial charge in [0.05, 0.1) is 17.6 Å². The summed E-state index contributed by atoms with van der Waals surface area (Å²) in [6.45, 7) is 0. The van der Waals surface area contributed by atoms with Crippen molar-refractivity contribution < 1.29 is 22.3 Å². The standard InChI is InChI=1S/C19H21FN2O4S/c1-26-15-8-6-13(7-9-15)21-19(23)17-12-16(10-11-18(17)20)27(24,25)22-14-4-2-3-5-14/h6-12,14,22H,2-5H2,1H3,(H,21,23). The van der Waals surface area contributed by atoms with E-state index in [1.807, 2.05) is 0 Å². The predicted octanol–water partition coefficient (Wildman–Crippen LogP) is 3.31. The summed E-state index contributed by atoms with van der Waals surface area (Å²) in [5.74, 6) is -0.901. The molecule has 2 aromatic rings. The van der Waals surface area contributed by atoms with E-state index in [2.05, 4.69) is 10.0 Å². The molecular formula is C19H21FN2O4S. The summed E-state index contributed by atoms with van der Waals surface area (Å²) in [5.41, 5.74) is 0.109. The first-order valence-electron chi connectivity index (χ1n) is 8.66. The number of sulfonamides is 1. The van der Waals surface area contributed by atoms with Crippen molar-refractivity contribution in [2.45, 2.75) is 36.6 Å². The number of anilines is 1. The molecule has 3 rings (SSSR count). The van der Waals surface area contributed by atoms with Crippen molar-refractivity contribution in [2.24, 2.45) is 0 Å². The number of halogens is 1. The summed E-state index contributed by atoms with van der Waals surface area (Å²) in [4.78, 5) is 12.3. The Morgan fingerprint density at radius 3 is 2.41 bits per heavy atom. The zero-order valence-corrected chi connectivity index (χ0v) is 15.7. The molecule has 0 bridgehead atoms. The van der Waals surface area contributed by atoms with Gasteiger partial charge in [0.1, 0.15) is 11.6 Å². The molecule has 1 saturated carbocycles. The van der Waals surface area contributed by atoms with Crippen LogP contribution in [0.4, 0.5) is 10.1 Å². The first-order chi connectivity index (χ1) is 12.9. The second-order valence-corrected chi connectivity index (χ2v) is 8.14. The minimum atomic E-state index is -3.81. The zero-order valence-electron chi connectivity index (χ0n) is 14.9. The first-order valence-corrected chi connectivity index (χ1v) is 10.1. The van der Waals surface area contributed by atoms with Crippen LogP contribution in [-0.2, 0) is 10.0 Å². The van der Waals surface area contributed by atoms with E-state index >= 15 is 0 Å². The van der Waals surface area contributed by atoms with Crippen LogP contribution < -0.4 is 14.8 Å². The van der Waals surface area contributed by atoms with Gasteiger partial charge in [-0.25, -0.2) is 17.5 Å². The van der Waals surface area contributed by atoms with E-state index in [4.69, 9.17) is 4.74 Å². The molecule has 6 nitrogen and oxygen atoms in total. The van der Waals surface area contributed by atoms with Crippen LogP contribution in [0.25, 0.3) is 0 Å². The normalized spacial score (nSPS) is 14.9. The maximum atomic E-state index is 14.1. The van der Waals surface area contributed by atoms with Gasteiger partial charge in [-0.3, -0.25) is 4.79 Å². The quantitative estimate of drug-likeness (QED) is 0.790. The molecule has 8 heteroatoms. The minimum Gasteiger partial charge on any atom is -0.497 e. The van der Waals surface area contributed by atoms with Crippen LogP contribution in [0.1, 0.15) is 36.0 Å². The Morgan fingerprint density at radius 1 is 1.11 bits per heavy atom. The van der Waals surface area contributed by atoms with E-state index in [-0.39, 0.29) is 16.5 Å². The van der Waals surface area contributed by atoms with Gasteiger partial charge in [-0.15, -0.1) is 0 Å². The molecule has 0 heterocycles.